The van der Waals surface area contributed by atoms with Gasteiger partial charge in [0.1, 0.15) is 0 Å². The third kappa shape index (κ3) is 1.19. The van der Waals surface area contributed by atoms with Gasteiger partial charge in [-0.2, -0.15) is 0 Å². The number of rotatable bonds is 0. The monoisotopic (exact) mass is 253 g/mol. The zero-order valence-corrected chi connectivity index (χ0v) is 9.38. The molecule has 2 aliphatic heterocycles. The predicted octanol–water partition coefficient (Wildman–Crippen LogP) is 2.75. The van der Waals surface area contributed by atoms with Crippen LogP contribution < -0.4 is 5.32 Å². The third-order valence-corrected chi connectivity index (χ3v) is 3.81. The molecule has 0 aliphatic carbocycles. The second kappa shape index (κ2) is 3.24. The number of benzene rings is 1. The summed E-state index contributed by atoms with van der Waals surface area (Å²) in [6, 6.07) is 6.92. The Kier molecular flexibility index (Phi) is 2.03. The fourth-order valence-corrected chi connectivity index (χ4v) is 3.09. The highest BCUT2D eigenvalue weighted by atomic mass is 79.9. The molecule has 74 valence electrons. The summed E-state index contributed by atoms with van der Waals surface area (Å²) in [5.74, 6) is 0.536. The maximum absolute atomic E-state index is 5.53. The van der Waals surface area contributed by atoms with E-state index in [0.717, 1.165) is 19.6 Å². The number of hydrogen-bond donors (Lipinski definition) is 1. The minimum absolute atomic E-state index is 0.536. The van der Waals surface area contributed by atoms with Crippen molar-refractivity contribution >= 4 is 21.6 Å². The minimum Gasteiger partial charge on any atom is -0.381 e. The number of anilines is 1. The van der Waals surface area contributed by atoms with Crippen LogP contribution >= 0.6 is 15.9 Å². The van der Waals surface area contributed by atoms with Gasteiger partial charge >= 0.3 is 0 Å². The van der Waals surface area contributed by atoms with Gasteiger partial charge in [-0.3, -0.25) is 0 Å². The van der Waals surface area contributed by atoms with Gasteiger partial charge in [-0.05, 0) is 24.1 Å². The molecule has 2 aliphatic rings. The average molecular weight is 254 g/mol. The van der Waals surface area contributed by atoms with E-state index in [-0.39, 0.29) is 0 Å². The van der Waals surface area contributed by atoms with E-state index in [4.69, 9.17) is 4.74 Å². The maximum atomic E-state index is 5.53. The van der Waals surface area contributed by atoms with Crippen molar-refractivity contribution in [1.82, 2.24) is 0 Å². The van der Waals surface area contributed by atoms with Gasteiger partial charge in [0.05, 0.1) is 6.61 Å². The van der Waals surface area contributed by atoms with Gasteiger partial charge in [-0.1, -0.05) is 22.0 Å². The zero-order chi connectivity index (χ0) is 9.54. The van der Waals surface area contributed by atoms with E-state index in [1.165, 1.54) is 15.7 Å². The molecule has 1 aromatic carbocycles. The summed E-state index contributed by atoms with van der Waals surface area (Å²) in [6.45, 7) is 1.74. The third-order valence-electron chi connectivity index (χ3n) is 3.12. The van der Waals surface area contributed by atoms with E-state index in [2.05, 4.69) is 39.4 Å². The SMILES string of the molecule is Brc1cccc2c1C1COCCC1N2. The fraction of sp³-hybridized carbons (Fsp3) is 0.455. The van der Waals surface area contributed by atoms with Crippen molar-refractivity contribution in [1.29, 1.82) is 0 Å². The topological polar surface area (TPSA) is 21.3 Å². The van der Waals surface area contributed by atoms with Gasteiger partial charge in [-0.25, -0.2) is 0 Å². The van der Waals surface area contributed by atoms with Gasteiger partial charge in [0.25, 0.3) is 0 Å². The molecule has 3 rings (SSSR count). The Morgan fingerprint density at radius 2 is 2.36 bits per heavy atom. The fourth-order valence-electron chi connectivity index (χ4n) is 2.43. The van der Waals surface area contributed by atoms with Crippen molar-refractivity contribution in [2.45, 2.75) is 18.4 Å². The summed E-state index contributed by atoms with van der Waals surface area (Å²) in [5, 5.41) is 3.57. The van der Waals surface area contributed by atoms with E-state index in [0.29, 0.717) is 12.0 Å². The van der Waals surface area contributed by atoms with E-state index in [1.807, 2.05) is 0 Å². The number of halogens is 1. The van der Waals surface area contributed by atoms with Crippen molar-refractivity contribution in [2.75, 3.05) is 18.5 Å². The summed E-state index contributed by atoms with van der Waals surface area (Å²) < 4.78 is 6.74. The van der Waals surface area contributed by atoms with Crippen LogP contribution in [-0.4, -0.2) is 19.3 Å². The van der Waals surface area contributed by atoms with Crippen LogP contribution in [-0.2, 0) is 4.74 Å². The smallest absolute Gasteiger partial charge is 0.0555 e. The van der Waals surface area contributed by atoms with Crippen molar-refractivity contribution in [3.05, 3.63) is 28.2 Å². The number of ether oxygens (including phenoxy) is 1. The lowest BCUT2D eigenvalue weighted by Crippen LogP contribution is -2.30. The average Bonchev–Trinajstić information content (AvgIpc) is 2.57. The van der Waals surface area contributed by atoms with Gasteiger partial charge in [0, 0.05) is 28.7 Å². The van der Waals surface area contributed by atoms with Crippen LogP contribution in [0.1, 0.15) is 17.9 Å². The first-order valence-electron chi connectivity index (χ1n) is 4.99. The molecule has 0 spiro atoms. The Morgan fingerprint density at radius 1 is 1.43 bits per heavy atom. The minimum atomic E-state index is 0.536. The van der Waals surface area contributed by atoms with E-state index < -0.39 is 0 Å². The Morgan fingerprint density at radius 3 is 3.29 bits per heavy atom. The molecule has 0 amide bonds. The lowest BCUT2D eigenvalue weighted by molar-refractivity contribution is 0.0767. The zero-order valence-electron chi connectivity index (χ0n) is 7.79. The van der Waals surface area contributed by atoms with Crippen molar-refractivity contribution in [3.63, 3.8) is 0 Å². The van der Waals surface area contributed by atoms with Crippen LogP contribution in [0.4, 0.5) is 5.69 Å². The number of nitrogens with one attached hydrogen (secondary N) is 1. The summed E-state index contributed by atoms with van der Waals surface area (Å²) in [6.07, 6.45) is 1.12. The predicted molar refractivity (Wildman–Crippen MR) is 59.7 cm³/mol. The first kappa shape index (κ1) is 8.74. The standard InChI is InChI=1S/C11H12BrNO/c12-8-2-1-3-10-11(8)7-6-14-5-4-9(7)13-10/h1-3,7,9,13H,4-6H2. The summed E-state index contributed by atoms with van der Waals surface area (Å²) in [5.41, 5.74) is 2.68. The molecule has 2 heterocycles. The Bertz CT molecular complexity index is 366. The summed E-state index contributed by atoms with van der Waals surface area (Å²) in [4.78, 5) is 0. The molecule has 2 atom stereocenters. The molecule has 2 unspecified atom stereocenters. The number of fused-ring (bicyclic) bond motifs is 3. The van der Waals surface area contributed by atoms with Crippen LogP contribution in [0.15, 0.2) is 22.7 Å². The first-order valence-corrected chi connectivity index (χ1v) is 5.78. The van der Waals surface area contributed by atoms with Gasteiger partial charge < -0.3 is 10.1 Å². The molecule has 1 aromatic rings. The van der Waals surface area contributed by atoms with Crippen molar-refractivity contribution < 1.29 is 4.74 Å². The molecule has 0 bridgehead atoms. The quantitative estimate of drug-likeness (QED) is 0.768. The number of hydrogen-bond acceptors (Lipinski definition) is 2. The molecule has 1 saturated heterocycles. The van der Waals surface area contributed by atoms with E-state index in [1.54, 1.807) is 0 Å². The molecule has 1 N–H and O–H groups in total. The lowest BCUT2D eigenvalue weighted by Gasteiger charge is -2.25. The summed E-state index contributed by atoms with van der Waals surface area (Å²) in [7, 11) is 0. The Labute approximate surface area is 91.8 Å². The second-order valence-corrected chi connectivity index (χ2v) is 4.78. The molecule has 3 heteroatoms. The Hall–Kier alpha value is -0.540. The molecule has 0 radical (unpaired) electrons. The maximum Gasteiger partial charge on any atom is 0.0555 e. The summed E-state index contributed by atoms with van der Waals surface area (Å²) >= 11 is 3.61. The molecule has 0 saturated carbocycles. The van der Waals surface area contributed by atoms with Gasteiger partial charge in [0.2, 0.25) is 0 Å². The van der Waals surface area contributed by atoms with Crippen molar-refractivity contribution in [3.8, 4) is 0 Å². The molecular weight excluding hydrogens is 242 g/mol. The van der Waals surface area contributed by atoms with E-state index in [9.17, 15) is 0 Å². The Balaban J connectivity index is 2.06. The highest BCUT2D eigenvalue weighted by molar-refractivity contribution is 9.10. The highest BCUT2D eigenvalue weighted by Crippen LogP contribution is 2.43. The van der Waals surface area contributed by atoms with Crippen LogP contribution in [0.25, 0.3) is 0 Å². The van der Waals surface area contributed by atoms with E-state index >= 15 is 0 Å². The highest BCUT2D eigenvalue weighted by Gasteiger charge is 2.35. The normalized spacial score (nSPS) is 29.2. The van der Waals surface area contributed by atoms with Crippen LogP contribution in [0.5, 0.6) is 0 Å². The van der Waals surface area contributed by atoms with Crippen LogP contribution in [0.2, 0.25) is 0 Å². The molecule has 1 fully saturated rings. The second-order valence-electron chi connectivity index (χ2n) is 3.92. The van der Waals surface area contributed by atoms with Gasteiger partial charge in [0.15, 0.2) is 0 Å². The molecular formula is C11H12BrNO. The molecule has 2 nitrogen and oxygen atoms in total. The van der Waals surface area contributed by atoms with Crippen LogP contribution in [0, 0.1) is 0 Å². The first-order chi connectivity index (χ1) is 6.86. The largest absolute Gasteiger partial charge is 0.381 e. The van der Waals surface area contributed by atoms with Crippen LogP contribution in [0.3, 0.4) is 0 Å². The molecule has 0 aromatic heterocycles. The van der Waals surface area contributed by atoms with Crippen molar-refractivity contribution in [2.24, 2.45) is 0 Å². The van der Waals surface area contributed by atoms with Gasteiger partial charge in [-0.15, -0.1) is 0 Å². The lowest BCUT2D eigenvalue weighted by atomic mass is 9.93. The molecule has 14 heavy (non-hydrogen) atoms.